The monoisotopic (exact) mass is 673 g/mol. The predicted molar refractivity (Wildman–Crippen MR) is 110 cm³/mol. The standard InChI is InChI=1S/C15H12I3NO4.Na/c16-11-7-10(5-6-12(11)20)23-9-3-1-8(2-4-9)15(17,18)13(19)14(21)22;/h1-7,13,20H,19H2,(H,21,22);/q;+1/p-1/t13-;/m1./s1. The SMILES string of the molecule is N[C@H](C(=O)O)C(I)(I)c1ccc(Oc2ccc([O-])c(I)c2)cc1.[Na+]. The largest absolute Gasteiger partial charge is 1.00 e. The van der Waals surface area contributed by atoms with E-state index in [2.05, 4.69) is 0 Å². The Morgan fingerprint density at radius 1 is 1.17 bits per heavy atom. The fourth-order valence-corrected chi connectivity index (χ4v) is 3.50. The van der Waals surface area contributed by atoms with E-state index in [0.717, 1.165) is 5.56 Å². The van der Waals surface area contributed by atoms with Crippen LogP contribution in [0.1, 0.15) is 5.56 Å². The molecule has 0 aromatic heterocycles. The first-order chi connectivity index (χ1) is 10.7. The molecule has 0 aliphatic carbocycles. The van der Waals surface area contributed by atoms with Gasteiger partial charge in [0.2, 0.25) is 0 Å². The average molecular weight is 673 g/mol. The number of nitrogens with two attached hydrogens (primary N) is 1. The van der Waals surface area contributed by atoms with E-state index in [9.17, 15) is 9.90 Å². The number of rotatable bonds is 5. The number of carboxylic acids is 1. The van der Waals surface area contributed by atoms with Crippen LogP contribution in [0.25, 0.3) is 0 Å². The second-order valence-corrected chi connectivity index (χ2v) is 11.3. The molecule has 0 amide bonds. The Morgan fingerprint density at radius 3 is 2.21 bits per heavy atom. The van der Waals surface area contributed by atoms with Gasteiger partial charge in [-0.25, -0.2) is 0 Å². The molecule has 122 valence electrons. The second kappa shape index (κ2) is 9.55. The van der Waals surface area contributed by atoms with Crippen LogP contribution in [0, 0.1) is 3.57 Å². The van der Waals surface area contributed by atoms with E-state index in [1.165, 1.54) is 6.07 Å². The quantitative estimate of drug-likeness (QED) is 0.276. The van der Waals surface area contributed by atoms with Gasteiger partial charge in [-0.2, -0.15) is 0 Å². The Bertz CT molecular complexity index is 725. The number of aliphatic carboxylic acids is 1. The minimum atomic E-state index is -1.05. The van der Waals surface area contributed by atoms with E-state index in [1.54, 1.807) is 36.4 Å². The Morgan fingerprint density at radius 2 is 1.71 bits per heavy atom. The Hall–Kier alpha value is 0.660. The molecular weight excluding hydrogens is 662 g/mol. The molecule has 0 saturated carbocycles. The topological polar surface area (TPSA) is 95.6 Å². The third kappa shape index (κ3) is 5.58. The van der Waals surface area contributed by atoms with Crippen molar-refractivity contribution < 1.29 is 49.3 Å². The summed E-state index contributed by atoms with van der Waals surface area (Å²) >= 11 is 6.02. The van der Waals surface area contributed by atoms with E-state index >= 15 is 0 Å². The number of carboxylic acid groups (broad SMARTS) is 1. The number of benzene rings is 2. The van der Waals surface area contributed by atoms with Gasteiger partial charge in [0.25, 0.3) is 0 Å². The van der Waals surface area contributed by atoms with Gasteiger partial charge in [-0.1, -0.05) is 69.1 Å². The molecule has 0 bridgehead atoms. The van der Waals surface area contributed by atoms with Crippen LogP contribution in [-0.4, -0.2) is 17.1 Å². The first-order valence-electron chi connectivity index (χ1n) is 6.33. The van der Waals surface area contributed by atoms with Gasteiger partial charge in [-0.05, 0) is 52.4 Å². The normalized spacial score (nSPS) is 12.2. The summed E-state index contributed by atoms with van der Waals surface area (Å²) in [6.45, 7) is 0. The van der Waals surface area contributed by atoms with Gasteiger partial charge in [-0.3, -0.25) is 4.79 Å². The molecule has 2 aromatic carbocycles. The van der Waals surface area contributed by atoms with Crippen LogP contribution in [-0.2, 0) is 6.22 Å². The fourth-order valence-electron chi connectivity index (χ4n) is 1.76. The molecule has 0 heterocycles. The Labute approximate surface area is 202 Å². The number of ether oxygens (including phenoxy) is 1. The number of hydrogen-bond donors (Lipinski definition) is 2. The average Bonchev–Trinajstić information content (AvgIpc) is 2.50. The predicted octanol–water partition coefficient (Wildman–Crippen LogP) is 0.596. The molecule has 24 heavy (non-hydrogen) atoms. The third-order valence-electron chi connectivity index (χ3n) is 3.03. The molecule has 0 unspecified atom stereocenters. The zero-order valence-electron chi connectivity index (χ0n) is 12.5. The van der Waals surface area contributed by atoms with Crippen molar-refractivity contribution in [2.75, 3.05) is 0 Å². The molecule has 2 rings (SSSR count). The zero-order valence-corrected chi connectivity index (χ0v) is 21.0. The molecule has 0 aliphatic heterocycles. The second-order valence-electron chi connectivity index (χ2n) is 4.66. The summed E-state index contributed by atoms with van der Waals surface area (Å²) < 4.78 is 5.52. The van der Waals surface area contributed by atoms with Gasteiger partial charge in [-0.15, -0.1) is 0 Å². The van der Waals surface area contributed by atoms with Crippen LogP contribution in [0.3, 0.4) is 0 Å². The van der Waals surface area contributed by atoms with Crippen molar-refractivity contribution in [3.8, 4) is 17.2 Å². The third-order valence-corrected chi connectivity index (χ3v) is 6.47. The molecule has 0 aliphatic rings. The van der Waals surface area contributed by atoms with Crippen LogP contribution in [0.2, 0.25) is 0 Å². The summed E-state index contributed by atoms with van der Waals surface area (Å²) in [6.07, 6.45) is 0. The smallest absolute Gasteiger partial charge is 0.872 e. The fraction of sp³-hybridized carbons (Fsp3) is 0.133. The minimum Gasteiger partial charge on any atom is -0.872 e. The van der Waals surface area contributed by atoms with Gasteiger partial charge in [0.1, 0.15) is 19.0 Å². The molecule has 1 atom stereocenters. The first kappa shape index (κ1) is 22.7. The first-order valence-corrected chi connectivity index (χ1v) is 9.56. The van der Waals surface area contributed by atoms with Crippen molar-refractivity contribution >= 4 is 73.7 Å². The molecule has 2 aromatic rings. The van der Waals surface area contributed by atoms with Crippen LogP contribution in [0.4, 0.5) is 0 Å². The maximum Gasteiger partial charge on any atom is 1.00 e. The Kier molecular flexibility index (Phi) is 9.04. The zero-order chi connectivity index (χ0) is 17.2. The molecular formula is C15H11I3NNaO4. The van der Waals surface area contributed by atoms with Crippen molar-refractivity contribution in [1.29, 1.82) is 0 Å². The summed E-state index contributed by atoms with van der Waals surface area (Å²) in [5.41, 5.74) is 6.53. The van der Waals surface area contributed by atoms with E-state index in [4.69, 9.17) is 15.6 Å². The summed E-state index contributed by atoms with van der Waals surface area (Å²) in [6, 6.07) is 10.8. The minimum absolute atomic E-state index is 0. The van der Waals surface area contributed by atoms with Gasteiger partial charge in [0.15, 0.2) is 0 Å². The summed E-state index contributed by atoms with van der Waals surface area (Å²) in [5.74, 6) is 0.0619. The van der Waals surface area contributed by atoms with E-state index < -0.39 is 13.4 Å². The van der Waals surface area contributed by atoms with Crippen molar-refractivity contribution in [3.05, 3.63) is 51.6 Å². The number of hydrogen-bond acceptors (Lipinski definition) is 4. The van der Waals surface area contributed by atoms with Crippen LogP contribution >= 0.6 is 67.8 Å². The molecule has 9 heteroatoms. The molecule has 5 nitrogen and oxygen atoms in total. The van der Waals surface area contributed by atoms with Crippen LogP contribution < -0.4 is 45.1 Å². The number of halogens is 3. The van der Waals surface area contributed by atoms with Crippen molar-refractivity contribution in [3.63, 3.8) is 0 Å². The summed E-state index contributed by atoms with van der Waals surface area (Å²) in [4.78, 5) is 11.1. The maximum absolute atomic E-state index is 11.4. The van der Waals surface area contributed by atoms with Crippen molar-refractivity contribution in [2.24, 2.45) is 5.73 Å². The summed E-state index contributed by atoms with van der Waals surface area (Å²) in [7, 11) is 0. The molecule has 0 fully saturated rings. The van der Waals surface area contributed by atoms with Crippen LogP contribution in [0.5, 0.6) is 17.2 Å². The Balaban J connectivity index is 0.00000288. The van der Waals surface area contributed by atoms with Crippen molar-refractivity contribution in [1.82, 2.24) is 0 Å². The summed E-state index contributed by atoms with van der Waals surface area (Å²) in [5, 5.41) is 20.5. The molecule has 0 radical (unpaired) electrons. The van der Waals surface area contributed by atoms with Gasteiger partial charge in [0, 0.05) is 3.57 Å². The van der Waals surface area contributed by atoms with Crippen LogP contribution in [0.15, 0.2) is 42.5 Å². The van der Waals surface area contributed by atoms with E-state index in [-0.39, 0.29) is 35.3 Å². The number of alkyl halides is 2. The van der Waals surface area contributed by atoms with E-state index in [0.29, 0.717) is 15.1 Å². The maximum atomic E-state index is 11.4. The molecule has 0 saturated heterocycles. The van der Waals surface area contributed by atoms with Crippen molar-refractivity contribution in [2.45, 2.75) is 7.47 Å². The van der Waals surface area contributed by atoms with Gasteiger partial charge in [0.05, 0.1) is 0 Å². The van der Waals surface area contributed by atoms with Gasteiger partial charge < -0.3 is 20.7 Å². The number of carbonyl (C=O) groups is 1. The van der Waals surface area contributed by atoms with E-state index in [1.807, 2.05) is 67.8 Å². The molecule has 0 spiro atoms. The van der Waals surface area contributed by atoms with Gasteiger partial charge >= 0.3 is 35.5 Å². The molecule has 3 N–H and O–H groups in total.